The largest absolute Gasteiger partial charge is 0.459 e. The molecule has 0 radical (unpaired) electrons. The molecule has 0 fully saturated rings. The van der Waals surface area contributed by atoms with E-state index in [1.165, 1.54) is 6.26 Å². The summed E-state index contributed by atoms with van der Waals surface area (Å²) in [5, 5.41) is 6.26. The zero-order chi connectivity index (χ0) is 14.4. The van der Waals surface area contributed by atoms with Crippen molar-refractivity contribution in [3.63, 3.8) is 0 Å². The third-order valence-corrected chi connectivity index (χ3v) is 3.09. The third kappa shape index (κ3) is 3.71. The summed E-state index contributed by atoms with van der Waals surface area (Å²) in [5.41, 5.74) is 1.92. The van der Waals surface area contributed by atoms with Gasteiger partial charge in [0, 0.05) is 11.7 Å². The lowest BCUT2D eigenvalue weighted by Crippen LogP contribution is -2.19. The van der Waals surface area contributed by atoms with Gasteiger partial charge in [-0.1, -0.05) is 19.1 Å². The molecule has 2 aromatic rings. The maximum atomic E-state index is 11.9. The van der Waals surface area contributed by atoms with Crippen molar-refractivity contribution in [2.24, 2.45) is 0 Å². The minimum absolute atomic E-state index is 0.235. The zero-order valence-electron chi connectivity index (χ0n) is 11.8. The number of nitrogens with one attached hydrogen (secondary N) is 2. The molecule has 1 heterocycles. The summed E-state index contributed by atoms with van der Waals surface area (Å²) >= 11 is 0. The van der Waals surface area contributed by atoms with E-state index in [1.54, 1.807) is 12.1 Å². The summed E-state index contributed by atoms with van der Waals surface area (Å²) in [6.07, 6.45) is 2.58. The topological polar surface area (TPSA) is 54.3 Å². The number of carbonyl (C=O) groups is 1. The minimum Gasteiger partial charge on any atom is -0.459 e. The number of benzene rings is 1. The van der Waals surface area contributed by atoms with Gasteiger partial charge in [0.25, 0.3) is 5.91 Å². The van der Waals surface area contributed by atoms with E-state index in [0.29, 0.717) is 5.76 Å². The van der Waals surface area contributed by atoms with E-state index in [0.717, 1.165) is 24.2 Å². The maximum absolute atomic E-state index is 11.9. The maximum Gasteiger partial charge on any atom is 0.291 e. The minimum atomic E-state index is -0.235. The second kappa shape index (κ2) is 6.91. The van der Waals surface area contributed by atoms with Crippen LogP contribution >= 0.6 is 0 Å². The van der Waals surface area contributed by atoms with Gasteiger partial charge in [-0.05, 0) is 49.7 Å². The molecule has 0 aliphatic rings. The molecule has 0 saturated carbocycles. The molecular formula is C16H20N2O2. The number of hydrogen-bond donors (Lipinski definition) is 2. The highest BCUT2D eigenvalue weighted by molar-refractivity contribution is 6.02. The highest BCUT2D eigenvalue weighted by Gasteiger charge is 2.10. The van der Waals surface area contributed by atoms with Gasteiger partial charge >= 0.3 is 0 Å². The van der Waals surface area contributed by atoms with Crippen LogP contribution in [0.2, 0.25) is 0 Å². The monoisotopic (exact) mass is 272 g/mol. The predicted octanol–water partition coefficient (Wildman–Crippen LogP) is 3.59. The first-order chi connectivity index (χ1) is 9.70. The molecule has 0 aliphatic carbocycles. The fourth-order valence-corrected chi connectivity index (χ4v) is 1.96. The molecule has 1 aromatic heterocycles. The fourth-order valence-electron chi connectivity index (χ4n) is 1.96. The average molecular weight is 272 g/mol. The van der Waals surface area contributed by atoms with Crippen LogP contribution in [0, 0.1) is 0 Å². The summed E-state index contributed by atoms with van der Waals surface area (Å²) in [6.45, 7) is 5.23. The molecule has 0 aliphatic heterocycles. The van der Waals surface area contributed by atoms with Gasteiger partial charge in [0.1, 0.15) is 0 Å². The number of carbonyl (C=O) groups excluding carboxylic acids is 1. The van der Waals surface area contributed by atoms with E-state index >= 15 is 0 Å². The lowest BCUT2D eigenvalue weighted by molar-refractivity contribution is 0.0996. The van der Waals surface area contributed by atoms with Gasteiger partial charge in [-0.25, -0.2) is 0 Å². The van der Waals surface area contributed by atoms with Crippen LogP contribution in [-0.4, -0.2) is 12.5 Å². The molecule has 1 atom stereocenters. The highest BCUT2D eigenvalue weighted by atomic mass is 16.3. The standard InChI is InChI=1S/C16H20N2O2/c1-3-9-17-12(2)13-6-4-7-14(11-13)18-16(19)15-8-5-10-20-15/h4-8,10-12,17H,3,9H2,1-2H3,(H,18,19). The van der Waals surface area contributed by atoms with Crippen molar-refractivity contribution >= 4 is 11.6 Å². The normalized spacial score (nSPS) is 12.1. The fraction of sp³-hybridized carbons (Fsp3) is 0.312. The SMILES string of the molecule is CCCNC(C)c1cccc(NC(=O)c2ccco2)c1. The Morgan fingerprint density at radius 2 is 2.15 bits per heavy atom. The van der Waals surface area contributed by atoms with E-state index in [1.807, 2.05) is 18.2 Å². The Morgan fingerprint density at radius 3 is 2.85 bits per heavy atom. The van der Waals surface area contributed by atoms with Gasteiger partial charge in [-0.3, -0.25) is 4.79 Å². The first-order valence-electron chi connectivity index (χ1n) is 6.89. The van der Waals surface area contributed by atoms with Crippen molar-refractivity contribution in [3.05, 3.63) is 54.0 Å². The molecule has 4 heteroatoms. The smallest absolute Gasteiger partial charge is 0.291 e. The lowest BCUT2D eigenvalue weighted by atomic mass is 10.1. The van der Waals surface area contributed by atoms with Crippen LogP contribution in [0.4, 0.5) is 5.69 Å². The predicted molar refractivity (Wildman–Crippen MR) is 79.8 cm³/mol. The van der Waals surface area contributed by atoms with Gasteiger partial charge in [0.15, 0.2) is 5.76 Å². The average Bonchev–Trinajstić information content (AvgIpc) is 2.99. The zero-order valence-corrected chi connectivity index (χ0v) is 11.8. The van der Waals surface area contributed by atoms with Gasteiger partial charge in [0.2, 0.25) is 0 Å². The number of furan rings is 1. The van der Waals surface area contributed by atoms with Crippen molar-refractivity contribution in [1.82, 2.24) is 5.32 Å². The van der Waals surface area contributed by atoms with Crippen LogP contribution < -0.4 is 10.6 Å². The van der Waals surface area contributed by atoms with E-state index < -0.39 is 0 Å². The molecular weight excluding hydrogens is 252 g/mol. The Morgan fingerprint density at radius 1 is 1.30 bits per heavy atom. The molecule has 4 nitrogen and oxygen atoms in total. The van der Waals surface area contributed by atoms with Gasteiger partial charge in [-0.15, -0.1) is 0 Å². The van der Waals surface area contributed by atoms with E-state index in [-0.39, 0.29) is 11.9 Å². The Labute approximate surface area is 119 Å². The van der Waals surface area contributed by atoms with Gasteiger partial charge < -0.3 is 15.1 Å². The number of hydrogen-bond acceptors (Lipinski definition) is 3. The summed E-state index contributed by atoms with van der Waals surface area (Å²) in [5.74, 6) is 0.0777. The summed E-state index contributed by atoms with van der Waals surface area (Å²) < 4.78 is 5.07. The molecule has 1 amide bonds. The molecule has 2 N–H and O–H groups in total. The molecule has 106 valence electrons. The Balaban J connectivity index is 2.04. The van der Waals surface area contributed by atoms with Crippen LogP contribution in [0.25, 0.3) is 0 Å². The van der Waals surface area contributed by atoms with Crippen molar-refractivity contribution in [3.8, 4) is 0 Å². The highest BCUT2D eigenvalue weighted by Crippen LogP contribution is 2.18. The van der Waals surface area contributed by atoms with Gasteiger partial charge in [0.05, 0.1) is 6.26 Å². The second-order valence-corrected chi connectivity index (χ2v) is 4.73. The molecule has 1 unspecified atom stereocenters. The summed E-state index contributed by atoms with van der Waals surface area (Å²) in [7, 11) is 0. The van der Waals surface area contributed by atoms with Crippen molar-refractivity contribution < 1.29 is 9.21 Å². The molecule has 0 saturated heterocycles. The van der Waals surface area contributed by atoms with Gasteiger partial charge in [-0.2, -0.15) is 0 Å². The van der Waals surface area contributed by atoms with Crippen LogP contribution in [0.15, 0.2) is 47.1 Å². The van der Waals surface area contributed by atoms with E-state index in [2.05, 4.69) is 30.5 Å². The first-order valence-corrected chi connectivity index (χ1v) is 6.89. The van der Waals surface area contributed by atoms with E-state index in [9.17, 15) is 4.79 Å². The van der Waals surface area contributed by atoms with Crippen LogP contribution in [0.3, 0.4) is 0 Å². The number of rotatable bonds is 6. The van der Waals surface area contributed by atoms with E-state index in [4.69, 9.17) is 4.42 Å². The summed E-state index contributed by atoms with van der Waals surface area (Å²) in [4.78, 5) is 11.9. The van der Waals surface area contributed by atoms with Crippen LogP contribution in [-0.2, 0) is 0 Å². The quantitative estimate of drug-likeness (QED) is 0.845. The summed E-state index contributed by atoms with van der Waals surface area (Å²) in [6, 6.07) is 11.4. The second-order valence-electron chi connectivity index (χ2n) is 4.73. The number of amides is 1. The Bertz CT molecular complexity index is 549. The van der Waals surface area contributed by atoms with Crippen LogP contribution in [0.5, 0.6) is 0 Å². The molecule has 0 spiro atoms. The van der Waals surface area contributed by atoms with Crippen LogP contribution in [0.1, 0.15) is 42.4 Å². The molecule has 0 bridgehead atoms. The third-order valence-electron chi connectivity index (χ3n) is 3.09. The molecule has 2 rings (SSSR count). The molecule has 20 heavy (non-hydrogen) atoms. The lowest BCUT2D eigenvalue weighted by Gasteiger charge is -2.14. The Hall–Kier alpha value is -2.07. The number of anilines is 1. The van der Waals surface area contributed by atoms with Crippen molar-refractivity contribution in [2.75, 3.05) is 11.9 Å². The van der Waals surface area contributed by atoms with Crippen molar-refractivity contribution in [1.29, 1.82) is 0 Å². The molecule has 1 aromatic carbocycles. The van der Waals surface area contributed by atoms with Crippen molar-refractivity contribution in [2.45, 2.75) is 26.3 Å². The Kier molecular flexibility index (Phi) is 4.96. The first kappa shape index (κ1) is 14.3.